The van der Waals surface area contributed by atoms with E-state index in [1.807, 2.05) is 48.5 Å². The first-order valence-electron chi connectivity index (χ1n) is 6.69. The molecule has 1 aliphatic heterocycles. The summed E-state index contributed by atoms with van der Waals surface area (Å²) in [4.78, 5) is 0. The molecular formula is C15H13N5O. The molecule has 4 rings (SSSR count). The van der Waals surface area contributed by atoms with E-state index in [-0.39, 0.29) is 6.04 Å². The molecule has 3 aromatic rings. The van der Waals surface area contributed by atoms with Gasteiger partial charge in [0.25, 0.3) is 0 Å². The van der Waals surface area contributed by atoms with Crippen LogP contribution in [0, 0.1) is 0 Å². The molecule has 6 heteroatoms. The molecule has 0 saturated carbocycles. The zero-order chi connectivity index (χ0) is 14.2. The zero-order valence-corrected chi connectivity index (χ0v) is 11.2. The van der Waals surface area contributed by atoms with E-state index in [1.54, 1.807) is 4.68 Å². The van der Waals surface area contributed by atoms with E-state index in [1.165, 1.54) is 0 Å². The van der Waals surface area contributed by atoms with Crippen LogP contribution in [0.15, 0.2) is 48.5 Å². The van der Waals surface area contributed by atoms with Crippen molar-refractivity contribution in [3.8, 4) is 17.1 Å². The second-order valence-electron chi connectivity index (χ2n) is 4.90. The van der Waals surface area contributed by atoms with Crippen molar-refractivity contribution in [3.63, 3.8) is 0 Å². The summed E-state index contributed by atoms with van der Waals surface area (Å²) in [5.74, 6) is 1.53. The molecule has 0 spiro atoms. The molecule has 0 radical (unpaired) electrons. The van der Waals surface area contributed by atoms with Crippen molar-refractivity contribution >= 4 is 5.69 Å². The normalized spacial score (nSPS) is 16.5. The van der Waals surface area contributed by atoms with Crippen LogP contribution in [-0.4, -0.2) is 26.8 Å². The van der Waals surface area contributed by atoms with Crippen molar-refractivity contribution in [1.82, 2.24) is 20.2 Å². The number of anilines is 1. The fourth-order valence-corrected chi connectivity index (χ4v) is 2.63. The average Bonchev–Trinajstić information content (AvgIpc) is 3.13. The molecule has 104 valence electrons. The highest BCUT2D eigenvalue weighted by molar-refractivity contribution is 5.71. The van der Waals surface area contributed by atoms with Gasteiger partial charge >= 0.3 is 0 Å². The Hall–Kier alpha value is -2.89. The van der Waals surface area contributed by atoms with Gasteiger partial charge in [-0.15, -0.1) is 5.10 Å². The van der Waals surface area contributed by atoms with Crippen molar-refractivity contribution < 1.29 is 4.74 Å². The second-order valence-corrected chi connectivity index (χ2v) is 4.90. The summed E-state index contributed by atoms with van der Waals surface area (Å²) in [6, 6.07) is 15.5. The van der Waals surface area contributed by atoms with Gasteiger partial charge in [0.15, 0.2) is 5.82 Å². The predicted octanol–water partition coefficient (Wildman–Crippen LogP) is 1.90. The molecule has 1 aliphatic rings. The summed E-state index contributed by atoms with van der Waals surface area (Å²) in [5.41, 5.74) is 8.60. The number of aromatic nitrogens is 4. The van der Waals surface area contributed by atoms with E-state index in [4.69, 9.17) is 10.5 Å². The van der Waals surface area contributed by atoms with Crippen LogP contribution in [0.25, 0.3) is 11.4 Å². The minimum Gasteiger partial charge on any atom is -0.491 e. The Morgan fingerprint density at radius 1 is 1.10 bits per heavy atom. The van der Waals surface area contributed by atoms with Crippen LogP contribution >= 0.6 is 0 Å². The highest BCUT2D eigenvalue weighted by Gasteiger charge is 2.29. The van der Waals surface area contributed by atoms with Gasteiger partial charge in [-0.25, -0.2) is 4.68 Å². The maximum absolute atomic E-state index is 6.03. The van der Waals surface area contributed by atoms with Gasteiger partial charge in [0.2, 0.25) is 0 Å². The maximum Gasteiger partial charge on any atom is 0.184 e. The van der Waals surface area contributed by atoms with Gasteiger partial charge in [0.05, 0.1) is 0 Å². The second kappa shape index (κ2) is 4.59. The third kappa shape index (κ3) is 1.84. The van der Waals surface area contributed by atoms with Gasteiger partial charge in [0.1, 0.15) is 18.4 Å². The summed E-state index contributed by atoms with van der Waals surface area (Å²) in [7, 11) is 0. The molecule has 6 nitrogen and oxygen atoms in total. The largest absolute Gasteiger partial charge is 0.491 e. The van der Waals surface area contributed by atoms with Crippen LogP contribution in [0.4, 0.5) is 5.69 Å². The lowest BCUT2D eigenvalue weighted by Gasteiger charge is -2.12. The monoisotopic (exact) mass is 279 g/mol. The predicted molar refractivity (Wildman–Crippen MR) is 77.7 cm³/mol. The number of nitrogen functional groups attached to an aromatic ring is 1. The number of benzene rings is 2. The van der Waals surface area contributed by atoms with Gasteiger partial charge in [-0.3, -0.25) is 0 Å². The molecule has 2 aromatic carbocycles. The minimum absolute atomic E-state index is 0.0363. The molecular weight excluding hydrogens is 266 g/mol. The van der Waals surface area contributed by atoms with Crippen LogP contribution in [0.5, 0.6) is 5.75 Å². The molecule has 1 unspecified atom stereocenters. The molecule has 1 atom stereocenters. The first-order valence-corrected chi connectivity index (χ1v) is 6.69. The molecule has 2 N–H and O–H groups in total. The van der Waals surface area contributed by atoms with Crippen molar-refractivity contribution in [2.45, 2.75) is 6.04 Å². The third-order valence-corrected chi connectivity index (χ3v) is 3.66. The van der Waals surface area contributed by atoms with Crippen LogP contribution in [0.2, 0.25) is 0 Å². The smallest absolute Gasteiger partial charge is 0.184 e. The molecule has 0 aliphatic carbocycles. The van der Waals surface area contributed by atoms with Crippen molar-refractivity contribution in [1.29, 1.82) is 0 Å². The van der Waals surface area contributed by atoms with E-state index in [2.05, 4.69) is 15.5 Å². The fourth-order valence-electron chi connectivity index (χ4n) is 2.63. The van der Waals surface area contributed by atoms with Gasteiger partial charge in [-0.05, 0) is 28.6 Å². The summed E-state index contributed by atoms with van der Waals surface area (Å²) in [5, 5.41) is 12.1. The van der Waals surface area contributed by atoms with Gasteiger partial charge in [-0.1, -0.05) is 30.3 Å². The topological polar surface area (TPSA) is 78.9 Å². The highest BCUT2D eigenvalue weighted by atomic mass is 16.5. The van der Waals surface area contributed by atoms with Crippen LogP contribution in [0.1, 0.15) is 11.6 Å². The van der Waals surface area contributed by atoms with Crippen LogP contribution < -0.4 is 10.5 Å². The number of tetrazole rings is 1. The van der Waals surface area contributed by atoms with Gasteiger partial charge in [-0.2, -0.15) is 0 Å². The summed E-state index contributed by atoms with van der Waals surface area (Å²) in [6.07, 6.45) is 0. The first-order chi connectivity index (χ1) is 10.3. The Morgan fingerprint density at radius 2 is 1.90 bits per heavy atom. The van der Waals surface area contributed by atoms with Crippen LogP contribution in [-0.2, 0) is 0 Å². The standard InChI is InChI=1S/C15H13N5O/c16-12-7-3-1-5-10(12)15-17-18-19-20(15)13-9-21-14-8-4-2-6-11(13)14/h1-8,13H,9,16H2. The maximum atomic E-state index is 6.03. The molecule has 21 heavy (non-hydrogen) atoms. The Kier molecular flexibility index (Phi) is 2.60. The quantitative estimate of drug-likeness (QED) is 0.725. The minimum atomic E-state index is -0.0363. The zero-order valence-electron chi connectivity index (χ0n) is 11.2. The van der Waals surface area contributed by atoms with Crippen molar-refractivity contribution in [2.75, 3.05) is 12.3 Å². The molecule has 0 fully saturated rings. The number of nitrogens with zero attached hydrogens (tertiary/aromatic N) is 4. The summed E-state index contributed by atoms with van der Waals surface area (Å²) < 4.78 is 7.48. The SMILES string of the molecule is Nc1ccccc1-c1nnnn1C1COc2ccccc21. The number of hydrogen-bond donors (Lipinski definition) is 1. The van der Waals surface area contributed by atoms with E-state index in [0.29, 0.717) is 18.1 Å². The average molecular weight is 279 g/mol. The number of rotatable bonds is 2. The lowest BCUT2D eigenvalue weighted by atomic mass is 10.1. The fraction of sp³-hybridized carbons (Fsp3) is 0.133. The highest BCUT2D eigenvalue weighted by Crippen LogP contribution is 2.36. The van der Waals surface area contributed by atoms with Gasteiger partial charge in [0, 0.05) is 16.8 Å². The molecule has 0 amide bonds. The summed E-state index contributed by atoms with van der Waals surface area (Å²) in [6.45, 7) is 0.518. The number of ether oxygens (including phenoxy) is 1. The first kappa shape index (κ1) is 11.9. The van der Waals surface area contributed by atoms with E-state index in [0.717, 1.165) is 16.9 Å². The van der Waals surface area contributed by atoms with Gasteiger partial charge < -0.3 is 10.5 Å². The lowest BCUT2D eigenvalue weighted by Crippen LogP contribution is -2.15. The Morgan fingerprint density at radius 3 is 2.81 bits per heavy atom. The molecule has 0 saturated heterocycles. The Labute approximate surface area is 121 Å². The Bertz CT molecular complexity index is 798. The number of para-hydroxylation sites is 2. The number of hydrogen-bond acceptors (Lipinski definition) is 5. The van der Waals surface area contributed by atoms with Crippen molar-refractivity contribution in [2.24, 2.45) is 0 Å². The third-order valence-electron chi connectivity index (χ3n) is 3.66. The summed E-state index contributed by atoms with van der Waals surface area (Å²) >= 11 is 0. The lowest BCUT2D eigenvalue weighted by molar-refractivity contribution is 0.307. The Balaban J connectivity index is 1.83. The molecule has 2 heterocycles. The van der Waals surface area contributed by atoms with E-state index >= 15 is 0 Å². The number of fused-ring (bicyclic) bond motifs is 1. The van der Waals surface area contributed by atoms with Crippen molar-refractivity contribution in [3.05, 3.63) is 54.1 Å². The van der Waals surface area contributed by atoms with Crippen LogP contribution in [0.3, 0.4) is 0 Å². The van der Waals surface area contributed by atoms with E-state index < -0.39 is 0 Å². The van der Waals surface area contributed by atoms with E-state index in [9.17, 15) is 0 Å². The number of nitrogens with two attached hydrogens (primary N) is 1. The molecule has 0 bridgehead atoms. The molecule has 1 aromatic heterocycles.